The molecule has 0 aliphatic carbocycles. The van der Waals surface area contributed by atoms with Crippen molar-refractivity contribution in [2.24, 2.45) is 11.8 Å². The summed E-state index contributed by atoms with van der Waals surface area (Å²) in [4.78, 5) is 0. The van der Waals surface area contributed by atoms with E-state index in [4.69, 9.17) is 5.84 Å². The Morgan fingerprint density at radius 3 is 2.53 bits per heavy atom. The van der Waals surface area contributed by atoms with Gasteiger partial charge >= 0.3 is 0 Å². The first kappa shape index (κ1) is 12.1. The molecule has 1 unspecified atom stereocenters. The lowest BCUT2D eigenvalue weighted by Gasteiger charge is -2.19. The predicted molar refractivity (Wildman–Crippen MR) is 60.7 cm³/mol. The molecule has 0 aromatic heterocycles. The summed E-state index contributed by atoms with van der Waals surface area (Å²) in [6.07, 6.45) is 0.830. The standard InChI is InChI=1S/C12H19FN2/c1-8(2)6-12(15-14)10-5-4-9(3)7-11(10)13/h4-5,7-8,12,15H,6,14H2,1-3H3. The lowest BCUT2D eigenvalue weighted by molar-refractivity contribution is 0.423. The van der Waals surface area contributed by atoms with Crippen molar-refractivity contribution in [3.05, 3.63) is 35.1 Å². The third kappa shape index (κ3) is 3.29. The van der Waals surface area contributed by atoms with Crippen molar-refractivity contribution in [2.75, 3.05) is 0 Å². The molecule has 0 spiro atoms. The first-order valence-electron chi connectivity index (χ1n) is 5.26. The quantitative estimate of drug-likeness (QED) is 0.592. The maximum Gasteiger partial charge on any atom is 0.128 e. The van der Waals surface area contributed by atoms with Crippen LogP contribution in [0.4, 0.5) is 4.39 Å². The summed E-state index contributed by atoms with van der Waals surface area (Å²) in [7, 11) is 0. The molecule has 2 nitrogen and oxygen atoms in total. The van der Waals surface area contributed by atoms with Crippen molar-refractivity contribution in [1.82, 2.24) is 5.43 Å². The van der Waals surface area contributed by atoms with E-state index >= 15 is 0 Å². The molecule has 84 valence electrons. The summed E-state index contributed by atoms with van der Waals surface area (Å²) in [6.45, 7) is 6.06. The number of hydrazine groups is 1. The average molecular weight is 210 g/mol. The summed E-state index contributed by atoms with van der Waals surface area (Å²) >= 11 is 0. The lowest BCUT2D eigenvalue weighted by Crippen LogP contribution is -2.29. The Morgan fingerprint density at radius 2 is 2.07 bits per heavy atom. The molecule has 0 radical (unpaired) electrons. The third-order valence-electron chi connectivity index (χ3n) is 2.44. The number of nitrogens with two attached hydrogens (primary N) is 1. The second-order valence-electron chi connectivity index (χ2n) is 4.37. The maximum atomic E-state index is 13.6. The highest BCUT2D eigenvalue weighted by atomic mass is 19.1. The van der Waals surface area contributed by atoms with Gasteiger partial charge in [0.25, 0.3) is 0 Å². The Hall–Kier alpha value is -0.930. The minimum absolute atomic E-state index is 0.106. The van der Waals surface area contributed by atoms with Gasteiger partial charge in [-0.05, 0) is 30.9 Å². The number of halogens is 1. The van der Waals surface area contributed by atoms with Crippen LogP contribution in [0.1, 0.15) is 37.4 Å². The molecule has 0 aliphatic rings. The van der Waals surface area contributed by atoms with E-state index in [1.165, 1.54) is 0 Å². The van der Waals surface area contributed by atoms with Gasteiger partial charge in [0.15, 0.2) is 0 Å². The van der Waals surface area contributed by atoms with Gasteiger partial charge in [0.1, 0.15) is 5.82 Å². The highest BCUT2D eigenvalue weighted by molar-refractivity contribution is 5.26. The molecule has 0 bridgehead atoms. The van der Waals surface area contributed by atoms with Crippen LogP contribution in [0.25, 0.3) is 0 Å². The van der Waals surface area contributed by atoms with Crippen LogP contribution in [0.3, 0.4) is 0 Å². The van der Waals surface area contributed by atoms with E-state index in [0.717, 1.165) is 12.0 Å². The van der Waals surface area contributed by atoms with Gasteiger partial charge in [0.05, 0.1) is 0 Å². The fourth-order valence-electron chi connectivity index (χ4n) is 1.67. The first-order chi connectivity index (χ1) is 7.04. The summed E-state index contributed by atoms with van der Waals surface area (Å²) < 4.78 is 13.6. The van der Waals surface area contributed by atoms with Crippen molar-refractivity contribution >= 4 is 0 Å². The summed E-state index contributed by atoms with van der Waals surface area (Å²) in [5, 5.41) is 0. The fourth-order valence-corrected chi connectivity index (χ4v) is 1.67. The lowest BCUT2D eigenvalue weighted by atomic mass is 9.96. The molecule has 15 heavy (non-hydrogen) atoms. The monoisotopic (exact) mass is 210 g/mol. The Morgan fingerprint density at radius 1 is 1.40 bits per heavy atom. The van der Waals surface area contributed by atoms with Crippen LogP contribution >= 0.6 is 0 Å². The van der Waals surface area contributed by atoms with Gasteiger partial charge in [-0.1, -0.05) is 26.0 Å². The Labute approximate surface area is 90.6 Å². The largest absolute Gasteiger partial charge is 0.271 e. The summed E-state index contributed by atoms with van der Waals surface area (Å²) in [5.74, 6) is 5.74. The van der Waals surface area contributed by atoms with Crippen LogP contribution in [0, 0.1) is 18.7 Å². The van der Waals surface area contributed by atoms with Gasteiger partial charge in [0, 0.05) is 11.6 Å². The van der Waals surface area contributed by atoms with Crippen LogP contribution in [-0.4, -0.2) is 0 Å². The van der Waals surface area contributed by atoms with E-state index in [1.54, 1.807) is 12.1 Å². The smallest absolute Gasteiger partial charge is 0.128 e. The normalized spacial score (nSPS) is 13.2. The zero-order chi connectivity index (χ0) is 11.4. The van der Waals surface area contributed by atoms with Crippen LogP contribution in [0.5, 0.6) is 0 Å². The molecule has 0 saturated heterocycles. The fraction of sp³-hybridized carbons (Fsp3) is 0.500. The van der Waals surface area contributed by atoms with Crippen LogP contribution in [0.2, 0.25) is 0 Å². The average Bonchev–Trinajstić information content (AvgIpc) is 2.14. The SMILES string of the molecule is Cc1ccc(C(CC(C)C)NN)c(F)c1. The third-order valence-corrected chi connectivity index (χ3v) is 2.44. The molecule has 3 heteroatoms. The second-order valence-corrected chi connectivity index (χ2v) is 4.37. The molecule has 0 amide bonds. The van der Waals surface area contributed by atoms with Crippen LogP contribution < -0.4 is 11.3 Å². The van der Waals surface area contributed by atoms with Crippen LogP contribution in [0.15, 0.2) is 18.2 Å². The molecule has 1 aromatic rings. The molecular formula is C12H19FN2. The van der Waals surface area contributed by atoms with E-state index in [9.17, 15) is 4.39 Å². The van der Waals surface area contributed by atoms with E-state index in [-0.39, 0.29) is 11.9 Å². The Bertz CT molecular complexity index is 323. The minimum Gasteiger partial charge on any atom is -0.271 e. The molecule has 0 heterocycles. The Balaban J connectivity index is 2.91. The topological polar surface area (TPSA) is 38.0 Å². The van der Waals surface area contributed by atoms with E-state index in [1.807, 2.05) is 13.0 Å². The predicted octanol–water partition coefficient (Wildman–Crippen LogP) is 2.68. The Kier molecular flexibility index (Phi) is 4.24. The van der Waals surface area contributed by atoms with Crippen LogP contribution in [-0.2, 0) is 0 Å². The van der Waals surface area contributed by atoms with Gasteiger partial charge in [0.2, 0.25) is 0 Å². The highest BCUT2D eigenvalue weighted by Crippen LogP contribution is 2.23. The van der Waals surface area contributed by atoms with Gasteiger partial charge in [-0.15, -0.1) is 0 Å². The van der Waals surface area contributed by atoms with Crippen molar-refractivity contribution in [2.45, 2.75) is 33.2 Å². The number of benzene rings is 1. The number of rotatable bonds is 4. The van der Waals surface area contributed by atoms with Gasteiger partial charge in [-0.2, -0.15) is 0 Å². The van der Waals surface area contributed by atoms with E-state index < -0.39 is 0 Å². The van der Waals surface area contributed by atoms with Crippen molar-refractivity contribution in [1.29, 1.82) is 0 Å². The molecule has 0 saturated carbocycles. The molecule has 0 aliphatic heterocycles. The highest BCUT2D eigenvalue weighted by Gasteiger charge is 2.15. The van der Waals surface area contributed by atoms with E-state index in [2.05, 4.69) is 19.3 Å². The summed E-state index contributed by atoms with van der Waals surface area (Å²) in [6, 6.07) is 5.14. The van der Waals surface area contributed by atoms with Crippen molar-refractivity contribution < 1.29 is 4.39 Å². The molecule has 1 atom stereocenters. The minimum atomic E-state index is -0.182. The second kappa shape index (κ2) is 5.24. The molecule has 0 fully saturated rings. The van der Waals surface area contributed by atoms with Crippen molar-refractivity contribution in [3.63, 3.8) is 0 Å². The van der Waals surface area contributed by atoms with Crippen molar-refractivity contribution in [3.8, 4) is 0 Å². The number of aryl methyl sites for hydroxylation is 1. The number of hydrogen-bond donors (Lipinski definition) is 2. The zero-order valence-corrected chi connectivity index (χ0v) is 9.55. The maximum absolute atomic E-state index is 13.6. The van der Waals surface area contributed by atoms with E-state index in [0.29, 0.717) is 11.5 Å². The van der Waals surface area contributed by atoms with Gasteiger partial charge < -0.3 is 0 Å². The molecular weight excluding hydrogens is 191 g/mol. The first-order valence-corrected chi connectivity index (χ1v) is 5.26. The molecule has 1 rings (SSSR count). The number of hydrogen-bond acceptors (Lipinski definition) is 2. The molecule has 3 N–H and O–H groups in total. The summed E-state index contributed by atoms with van der Waals surface area (Å²) in [5.41, 5.74) is 4.25. The number of nitrogens with one attached hydrogen (secondary N) is 1. The van der Waals surface area contributed by atoms with Gasteiger partial charge in [-0.3, -0.25) is 11.3 Å². The zero-order valence-electron chi connectivity index (χ0n) is 9.55. The molecule has 1 aromatic carbocycles. The van der Waals surface area contributed by atoms with Gasteiger partial charge in [-0.25, -0.2) is 4.39 Å².